The quantitative estimate of drug-likeness (QED) is 0.289. The first-order chi connectivity index (χ1) is 15.3. The number of nitrogens with zero attached hydrogens (tertiary/aromatic N) is 2. The lowest BCUT2D eigenvalue weighted by Gasteiger charge is -2.28. The SMILES string of the molecule is CCCCNC(=O)C(C)N(Cc1ccc(F)cc1)C(=O)CSCc1ccc([N+](=O)[O-])cc1. The molecule has 9 heteroatoms. The van der Waals surface area contributed by atoms with Gasteiger partial charge in [-0.1, -0.05) is 37.6 Å². The van der Waals surface area contributed by atoms with Gasteiger partial charge in [0.15, 0.2) is 0 Å². The maximum Gasteiger partial charge on any atom is 0.269 e. The van der Waals surface area contributed by atoms with Crippen LogP contribution < -0.4 is 5.32 Å². The van der Waals surface area contributed by atoms with Crippen molar-refractivity contribution in [2.45, 2.75) is 45.0 Å². The summed E-state index contributed by atoms with van der Waals surface area (Å²) < 4.78 is 13.3. The van der Waals surface area contributed by atoms with Crippen LogP contribution in [0.1, 0.15) is 37.8 Å². The molecule has 7 nitrogen and oxygen atoms in total. The lowest BCUT2D eigenvalue weighted by Crippen LogP contribution is -2.48. The van der Waals surface area contributed by atoms with E-state index in [0.29, 0.717) is 12.3 Å². The first kappa shape index (κ1) is 25.3. The van der Waals surface area contributed by atoms with E-state index in [-0.39, 0.29) is 35.6 Å². The Bertz CT molecular complexity index is 906. The van der Waals surface area contributed by atoms with Gasteiger partial charge in [-0.2, -0.15) is 0 Å². The number of carbonyl (C=O) groups excluding carboxylic acids is 2. The smallest absolute Gasteiger partial charge is 0.269 e. The number of hydrogen-bond acceptors (Lipinski definition) is 5. The van der Waals surface area contributed by atoms with Gasteiger partial charge >= 0.3 is 0 Å². The molecule has 0 saturated carbocycles. The van der Waals surface area contributed by atoms with Gasteiger partial charge in [-0.05, 0) is 36.6 Å². The van der Waals surface area contributed by atoms with Crippen molar-refractivity contribution >= 4 is 29.3 Å². The number of nitrogens with one attached hydrogen (secondary N) is 1. The number of non-ortho nitro benzene ring substituents is 1. The van der Waals surface area contributed by atoms with E-state index in [1.54, 1.807) is 31.2 Å². The fourth-order valence-electron chi connectivity index (χ4n) is 2.96. The van der Waals surface area contributed by atoms with E-state index in [2.05, 4.69) is 5.32 Å². The summed E-state index contributed by atoms with van der Waals surface area (Å²) in [7, 11) is 0. The molecular formula is C23H28FN3O4S. The first-order valence-corrected chi connectivity index (χ1v) is 11.6. The Morgan fingerprint density at radius 2 is 1.75 bits per heavy atom. The molecular weight excluding hydrogens is 433 g/mol. The molecule has 0 fully saturated rings. The highest BCUT2D eigenvalue weighted by atomic mass is 32.2. The van der Waals surface area contributed by atoms with Gasteiger partial charge in [-0.25, -0.2) is 4.39 Å². The van der Waals surface area contributed by atoms with Crippen molar-refractivity contribution in [3.8, 4) is 0 Å². The summed E-state index contributed by atoms with van der Waals surface area (Å²) in [6.07, 6.45) is 1.81. The summed E-state index contributed by atoms with van der Waals surface area (Å²) in [4.78, 5) is 37.3. The van der Waals surface area contributed by atoms with Crippen molar-refractivity contribution in [3.63, 3.8) is 0 Å². The van der Waals surface area contributed by atoms with E-state index in [1.807, 2.05) is 6.92 Å². The van der Waals surface area contributed by atoms with Crippen molar-refractivity contribution in [1.82, 2.24) is 10.2 Å². The molecule has 1 atom stereocenters. The van der Waals surface area contributed by atoms with Crippen LogP contribution in [0.4, 0.5) is 10.1 Å². The standard InChI is InChI=1S/C23H28FN3O4S/c1-3-4-13-25-23(29)17(2)26(14-18-5-9-20(24)10-6-18)22(28)16-32-15-19-7-11-21(12-8-19)27(30)31/h5-12,17H,3-4,13-16H2,1-2H3,(H,25,29). The molecule has 2 rings (SSSR count). The minimum Gasteiger partial charge on any atom is -0.354 e. The van der Waals surface area contributed by atoms with Crippen LogP contribution in [0.2, 0.25) is 0 Å². The van der Waals surface area contributed by atoms with Crippen LogP contribution in [0.25, 0.3) is 0 Å². The second-order valence-electron chi connectivity index (χ2n) is 7.39. The molecule has 0 heterocycles. The van der Waals surface area contributed by atoms with E-state index < -0.39 is 11.0 Å². The fraction of sp³-hybridized carbons (Fsp3) is 0.391. The number of benzene rings is 2. The van der Waals surface area contributed by atoms with Gasteiger partial charge in [-0.3, -0.25) is 19.7 Å². The van der Waals surface area contributed by atoms with E-state index in [9.17, 15) is 24.1 Å². The average Bonchev–Trinajstić information content (AvgIpc) is 2.78. The molecule has 0 saturated heterocycles. The lowest BCUT2D eigenvalue weighted by molar-refractivity contribution is -0.384. The number of carbonyl (C=O) groups is 2. The third-order valence-electron chi connectivity index (χ3n) is 4.90. The van der Waals surface area contributed by atoms with Crippen LogP contribution in [0.5, 0.6) is 0 Å². The molecule has 0 aliphatic carbocycles. The zero-order chi connectivity index (χ0) is 23.5. The zero-order valence-corrected chi connectivity index (χ0v) is 19.1. The molecule has 0 aliphatic heterocycles. The predicted octanol–water partition coefficient (Wildman–Crippen LogP) is 4.30. The van der Waals surface area contributed by atoms with Gasteiger partial charge in [0.2, 0.25) is 11.8 Å². The minimum absolute atomic E-state index is 0.0169. The number of halogens is 1. The Morgan fingerprint density at radius 3 is 2.34 bits per heavy atom. The Labute approximate surface area is 191 Å². The van der Waals surface area contributed by atoms with E-state index in [4.69, 9.17) is 0 Å². The monoisotopic (exact) mass is 461 g/mol. The second kappa shape index (κ2) is 12.8. The number of thioether (sulfide) groups is 1. The Kier molecular flexibility index (Phi) is 10.1. The molecule has 0 radical (unpaired) electrons. The Balaban J connectivity index is 2.02. The number of hydrogen-bond donors (Lipinski definition) is 1. The third kappa shape index (κ3) is 7.96. The van der Waals surface area contributed by atoms with Gasteiger partial charge in [0, 0.05) is 31.0 Å². The van der Waals surface area contributed by atoms with Crippen molar-refractivity contribution in [1.29, 1.82) is 0 Å². The normalized spacial score (nSPS) is 11.6. The number of nitro benzene ring substituents is 1. The molecule has 0 bridgehead atoms. The summed E-state index contributed by atoms with van der Waals surface area (Å²) in [5.74, 6) is -0.153. The van der Waals surface area contributed by atoms with Crippen LogP contribution in [-0.4, -0.2) is 40.0 Å². The van der Waals surface area contributed by atoms with Gasteiger partial charge in [0.25, 0.3) is 5.69 Å². The molecule has 2 aromatic carbocycles. The number of amides is 2. The highest BCUT2D eigenvalue weighted by molar-refractivity contribution is 7.99. The Hall–Kier alpha value is -2.94. The molecule has 0 spiro atoms. The van der Waals surface area contributed by atoms with Gasteiger partial charge in [0.1, 0.15) is 11.9 Å². The van der Waals surface area contributed by atoms with Crippen molar-refractivity contribution < 1.29 is 18.9 Å². The molecule has 2 aromatic rings. The maximum absolute atomic E-state index is 13.3. The third-order valence-corrected chi connectivity index (χ3v) is 5.89. The van der Waals surface area contributed by atoms with Crippen LogP contribution >= 0.6 is 11.8 Å². The van der Waals surface area contributed by atoms with Crippen LogP contribution in [0, 0.1) is 15.9 Å². The molecule has 0 aromatic heterocycles. The van der Waals surface area contributed by atoms with E-state index >= 15 is 0 Å². The summed E-state index contributed by atoms with van der Waals surface area (Å²) in [6, 6.07) is 11.4. The van der Waals surface area contributed by atoms with Gasteiger partial charge in [0.05, 0.1) is 10.7 Å². The lowest BCUT2D eigenvalue weighted by atomic mass is 10.1. The summed E-state index contributed by atoms with van der Waals surface area (Å²) in [6.45, 7) is 4.46. The number of unbranched alkanes of at least 4 members (excludes halogenated alkanes) is 1. The molecule has 2 amide bonds. The van der Waals surface area contributed by atoms with Crippen molar-refractivity contribution in [3.05, 3.63) is 75.6 Å². The Morgan fingerprint density at radius 1 is 1.12 bits per heavy atom. The summed E-state index contributed by atoms with van der Waals surface area (Å²) in [5, 5.41) is 13.6. The first-order valence-electron chi connectivity index (χ1n) is 10.4. The van der Waals surface area contributed by atoms with Crippen LogP contribution in [-0.2, 0) is 21.9 Å². The molecule has 0 aliphatic rings. The van der Waals surface area contributed by atoms with Gasteiger partial charge in [-0.15, -0.1) is 11.8 Å². The maximum atomic E-state index is 13.3. The zero-order valence-electron chi connectivity index (χ0n) is 18.3. The fourth-order valence-corrected chi connectivity index (χ4v) is 3.83. The van der Waals surface area contributed by atoms with Crippen LogP contribution in [0.15, 0.2) is 48.5 Å². The highest BCUT2D eigenvalue weighted by Gasteiger charge is 2.25. The topological polar surface area (TPSA) is 92.6 Å². The average molecular weight is 462 g/mol. The van der Waals surface area contributed by atoms with E-state index in [1.165, 1.54) is 40.9 Å². The molecule has 32 heavy (non-hydrogen) atoms. The van der Waals surface area contributed by atoms with E-state index in [0.717, 1.165) is 24.0 Å². The number of nitro groups is 1. The number of rotatable bonds is 12. The van der Waals surface area contributed by atoms with Crippen LogP contribution in [0.3, 0.4) is 0 Å². The minimum atomic E-state index is -0.676. The van der Waals surface area contributed by atoms with Crippen molar-refractivity contribution in [2.24, 2.45) is 0 Å². The van der Waals surface area contributed by atoms with Crippen molar-refractivity contribution in [2.75, 3.05) is 12.3 Å². The predicted molar refractivity (Wildman–Crippen MR) is 124 cm³/mol. The largest absolute Gasteiger partial charge is 0.354 e. The molecule has 1 unspecified atom stereocenters. The second-order valence-corrected chi connectivity index (χ2v) is 8.37. The highest BCUT2D eigenvalue weighted by Crippen LogP contribution is 2.18. The van der Waals surface area contributed by atoms with Gasteiger partial charge < -0.3 is 10.2 Å². The molecule has 172 valence electrons. The summed E-state index contributed by atoms with van der Waals surface area (Å²) in [5.41, 5.74) is 1.61. The molecule has 1 N–H and O–H groups in total. The summed E-state index contributed by atoms with van der Waals surface area (Å²) >= 11 is 1.37.